The van der Waals surface area contributed by atoms with E-state index in [1.807, 2.05) is 54.6 Å². The summed E-state index contributed by atoms with van der Waals surface area (Å²) >= 11 is 4.03. The summed E-state index contributed by atoms with van der Waals surface area (Å²) in [6, 6.07) is 33.0. The summed E-state index contributed by atoms with van der Waals surface area (Å²) in [5.74, 6) is -1.45. The third-order valence-electron chi connectivity index (χ3n) is 7.66. The van der Waals surface area contributed by atoms with Crippen molar-refractivity contribution in [3.05, 3.63) is 125 Å². The van der Waals surface area contributed by atoms with E-state index >= 15 is 0 Å². The first kappa shape index (κ1) is 21.4. The molecule has 5 nitrogen and oxygen atoms in total. The van der Waals surface area contributed by atoms with Crippen LogP contribution in [-0.4, -0.2) is 11.8 Å². The summed E-state index contributed by atoms with van der Waals surface area (Å²) in [6.07, 6.45) is 0. The van der Waals surface area contributed by atoms with Crippen LogP contribution in [0.1, 0.15) is 28.2 Å². The third kappa shape index (κ3) is 2.82. The van der Waals surface area contributed by atoms with Crippen molar-refractivity contribution >= 4 is 44.8 Å². The molecule has 174 valence electrons. The molecule has 1 saturated heterocycles. The zero-order valence-corrected chi connectivity index (χ0v) is 20.7. The number of carbonyl (C=O) groups is 2. The summed E-state index contributed by atoms with van der Waals surface area (Å²) in [4.78, 5) is 29.3. The summed E-state index contributed by atoms with van der Waals surface area (Å²) in [5.41, 5.74) is 6.36. The monoisotopic (exact) mass is 533 g/mol. The Morgan fingerprint density at radius 1 is 0.639 bits per heavy atom. The Morgan fingerprint density at radius 2 is 1.17 bits per heavy atom. The van der Waals surface area contributed by atoms with Crippen LogP contribution in [0.5, 0.6) is 0 Å². The average Bonchev–Trinajstić information content (AvgIpc) is 3.20. The van der Waals surface area contributed by atoms with Gasteiger partial charge in [0.15, 0.2) is 0 Å². The van der Waals surface area contributed by atoms with Crippen LogP contribution in [0.2, 0.25) is 0 Å². The molecule has 4 aromatic carbocycles. The van der Waals surface area contributed by atoms with E-state index in [1.54, 1.807) is 24.3 Å². The number of nitrogens with zero attached hydrogens (tertiary/aromatic N) is 3. The number of hydrogen-bond acceptors (Lipinski definition) is 4. The third-order valence-corrected chi connectivity index (χ3v) is 9.01. The minimum Gasteiger partial charge on any atom is -0.274 e. The van der Waals surface area contributed by atoms with Gasteiger partial charge in [-0.2, -0.15) is 10.2 Å². The molecule has 2 amide bonds. The zero-order chi connectivity index (χ0) is 24.4. The molecule has 0 unspecified atom stereocenters. The first-order valence-corrected chi connectivity index (χ1v) is 12.7. The smallest absolute Gasteiger partial charge is 0.239 e. The van der Waals surface area contributed by atoms with Gasteiger partial charge < -0.3 is 0 Å². The maximum atomic E-state index is 14.0. The van der Waals surface area contributed by atoms with Crippen molar-refractivity contribution in [1.82, 2.24) is 0 Å². The van der Waals surface area contributed by atoms with E-state index in [-0.39, 0.29) is 17.7 Å². The lowest BCUT2D eigenvalue weighted by Crippen LogP contribution is -2.50. The highest BCUT2D eigenvalue weighted by Crippen LogP contribution is 2.66. The molecule has 0 spiro atoms. The molecule has 6 heteroatoms. The largest absolute Gasteiger partial charge is 0.274 e. The van der Waals surface area contributed by atoms with E-state index < -0.39 is 16.2 Å². The number of anilines is 1. The number of azo groups is 1. The number of rotatable bonds is 3. The second kappa shape index (κ2) is 7.80. The van der Waals surface area contributed by atoms with E-state index in [1.165, 1.54) is 4.90 Å². The Morgan fingerprint density at radius 3 is 1.78 bits per heavy atom. The number of benzene rings is 4. The number of imide groups is 1. The molecular weight excluding hydrogens is 514 g/mol. The summed E-state index contributed by atoms with van der Waals surface area (Å²) < 4.78 is -0.745. The van der Waals surface area contributed by atoms with Crippen LogP contribution in [0.15, 0.2) is 113 Å². The van der Waals surface area contributed by atoms with Gasteiger partial charge in [-0.05, 0) is 58.7 Å². The highest BCUT2D eigenvalue weighted by atomic mass is 79.9. The zero-order valence-electron chi connectivity index (χ0n) is 19.1. The minimum atomic E-state index is -0.745. The second-order valence-electron chi connectivity index (χ2n) is 9.43. The molecule has 0 N–H and O–H groups in total. The van der Waals surface area contributed by atoms with Crippen molar-refractivity contribution in [2.75, 3.05) is 4.90 Å². The molecule has 0 saturated carbocycles. The van der Waals surface area contributed by atoms with Crippen LogP contribution >= 0.6 is 15.9 Å². The molecular formula is C30H20BrN3O2. The van der Waals surface area contributed by atoms with Gasteiger partial charge in [0.05, 0.1) is 33.2 Å². The van der Waals surface area contributed by atoms with Gasteiger partial charge in [0.25, 0.3) is 0 Å². The highest BCUT2D eigenvalue weighted by molar-refractivity contribution is 9.09. The van der Waals surface area contributed by atoms with E-state index in [0.717, 1.165) is 27.9 Å². The lowest BCUT2D eigenvalue weighted by molar-refractivity contribution is -0.122. The van der Waals surface area contributed by atoms with Crippen LogP contribution < -0.4 is 4.90 Å². The summed E-state index contributed by atoms with van der Waals surface area (Å²) in [6.45, 7) is 0. The van der Waals surface area contributed by atoms with Crippen molar-refractivity contribution in [3.8, 4) is 0 Å². The first-order chi connectivity index (χ1) is 17.6. The molecule has 1 heterocycles. The Hall–Kier alpha value is -3.90. The molecule has 0 aromatic heterocycles. The fourth-order valence-corrected chi connectivity index (χ4v) is 7.41. The quantitative estimate of drug-likeness (QED) is 0.161. The summed E-state index contributed by atoms with van der Waals surface area (Å²) in [5, 5.41) is 8.53. The van der Waals surface area contributed by atoms with Crippen LogP contribution in [-0.2, 0) is 13.9 Å². The molecule has 2 atom stereocenters. The van der Waals surface area contributed by atoms with E-state index in [9.17, 15) is 9.59 Å². The van der Waals surface area contributed by atoms with Crippen molar-refractivity contribution < 1.29 is 9.59 Å². The SMILES string of the molecule is O=C1[C@@H]2C3c4ccccc4C(Br)(c4ccccc43)[C@H]2C(=O)N1c1ccc(N=Nc2ccccc2)cc1. The lowest BCUT2D eigenvalue weighted by Gasteiger charge is -2.51. The normalized spacial score (nSPS) is 25.7. The molecule has 0 radical (unpaired) electrons. The first-order valence-electron chi connectivity index (χ1n) is 11.9. The van der Waals surface area contributed by atoms with E-state index in [4.69, 9.17) is 0 Å². The molecule has 2 bridgehead atoms. The molecule has 8 rings (SSSR count). The average molecular weight is 534 g/mol. The van der Waals surface area contributed by atoms with E-state index in [2.05, 4.69) is 50.4 Å². The standard InChI is InChI=1S/C30H20BrN3O2/c31-30-23-12-6-4-10-21(23)25(22-11-5-7-13-24(22)30)26-27(30)29(36)34(28(26)35)20-16-14-19(15-17-20)33-32-18-8-2-1-3-9-18/h1-17,25-27H/t25?,26-,27-,30?/m1/s1. The van der Waals surface area contributed by atoms with Crippen LogP contribution in [0.4, 0.5) is 17.1 Å². The van der Waals surface area contributed by atoms with Gasteiger partial charge in [0.1, 0.15) is 0 Å². The number of halogens is 1. The fraction of sp³-hybridized carbons (Fsp3) is 0.133. The summed E-state index contributed by atoms with van der Waals surface area (Å²) in [7, 11) is 0. The number of carbonyl (C=O) groups excluding carboxylic acids is 2. The second-order valence-corrected chi connectivity index (χ2v) is 10.7. The van der Waals surface area contributed by atoms with Gasteiger partial charge >= 0.3 is 0 Å². The van der Waals surface area contributed by atoms with Crippen LogP contribution in [0.3, 0.4) is 0 Å². The number of hydrogen-bond donors (Lipinski definition) is 0. The van der Waals surface area contributed by atoms with Gasteiger partial charge in [0.2, 0.25) is 11.8 Å². The topological polar surface area (TPSA) is 62.1 Å². The van der Waals surface area contributed by atoms with Crippen LogP contribution in [0, 0.1) is 11.8 Å². The van der Waals surface area contributed by atoms with Crippen molar-refractivity contribution in [3.63, 3.8) is 0 Å². The van der Waals surface area contributed by atoms with Gasteiger partial charge in [-0.15, -0.1) is 0 Å². The maximum Gasteiger partial charge on any atom is 0.239 e. The Bertz CT molecular complexity index is 1520. The Labute approximate surface area is 216 Å². The predicted octanol–water partition coefficient (Wildman–Crippen LogP) is 7.01. The van der Waals surface area contributed by atoms with Crippen molar-refractivity contribution in [2.24, 2.45) is 22.1 Å². The molecule has 4 aliphatic rings. The van der Waals surface area contributed by atoms with Crippen molar-refractivity contribution in [2.45, 2.75) is 10.2 Å². The number of alkyl halides is 1. The van der Waals surface area contributed by atoms with Gasteiger partial charge in [-0.3, -0.25) is 9.59 Å². The molecule has 1 fully saturated rings. The minimum absolute atomic E-state index is 0.151. The highest BCUT2D eigenvalue weighted by Gasteiger charge is 2.67. The van der Waals surface area contributed by atoms with Gasteiger partial charge in [-0.1, -0.05) is 82.7 Å². The Kier molecular flexibility index (Phi) is 4.63. The van der Waals surface area contributed by atoms with Crippen LogP contribution in [0.25, 0.3) is 0 Å². The molecule has 36 heavy (non-hydrogen) atoms. The maximum absolute atomic E-state index is 14.0. The van der Waals surface area contributed by atoms with Gasteiger partial charge in [-0.25, -0.2) is 4.90 Å². The lowest BCUT2D eigenvalue weighted by atomic mass is 9.55. The molecule has 1 aliphatic heterocycles. The number of amides is 2. The van der Waals surface area contributed by atoms with E-state index in [0.29, 0.717) is 11.4 Å². The van der Waals surface area contributed by atoms with Crippen molar-refractivity contribution in [1.29, 1.82) is 0 Å². The Balaban J connectivity index is 1.28. The molecule has 3 aliphatic carbocycles. The molecule has 4 aromatic rings. The predicted molar refractivity (Wildman–Crippen MR) is 141 cm³/mol. The van der Waals surface area contributed by atoms with Gasteiger partial charge in [0, 0.05) is 5.92 Å². The fourth-order valence-electron chi connectivity index (χ4n) is 6.21.